The molecule has 7 heteroatoms. The van der Waals surface area contributed by atoms with Crippen LogP contribution in [0, 0.1) is 0 Å². The highest BCUT2D eigenvalue weighted by Gasteiger charge is 2.28. The van der Waals surface area contributed by atoms with Crippen LogP contribution in [0.2, 0.25) is 0 Å². The molecule has 0 aliphatic carbocycles. The fraction of sp³-hybridized carbons (Fsp3) is 0.500. The minimum Gasteiger partial charge on any atom is -0.455 e. The summed E-state index contributed by atoms with van der Waals surface area (Å²) in [5.41, 5.74) is 2.01. The van der Waals surface area contributed by atoms with Gasteiger partial charge in [0, 0.05) is 13.1 Å². The second-order valence-electron chi connectivity index (χ2n) is 4.42. The highest BCUT2D eigenvalue weighted by molar-refractivity contribution is 5.90. The zero-order chi connectivity index (χ0) is 13.8. The number of furan rings is 1. The zero-order valence-corrected chi connectivity index (χ0v) is 10.8. The van der Waals surface area contributed by atoms with Gasteiger partial charge >= 0.3 is 5.91 Å². The van der Waals surface area contributed by atoms with Crippen LogP contribution in [0.15, 0.2) is 16.5 Å². The van der Waals surface area contributed by atoms with Crippen LogP contribution in [0.1, 0.15) is 29.7 Å². The van der Waals surface area contributed by atoms with Crippen molar-refractivity contribution in [1.29, 1.82) is 0 Å². The van der Waals surface area contributed by atoms with Crippen LogP contribution in [0.5, 0.6) is 0 Å². The van der Waals surface area contributed by atoms with Crippen LogP contribution in [-0.2, 0) is 11.3 Å². The molecule has 1 unspecified atom stereocenters. The minimum atomic E-state index is -0.463. The Bertz CT molecular complexity index is 471. The molecule has 0 aromatic carbocycles. The molecule has 7 nitrogen and oxygen atoms in total. The lowest BCUT2D eigenvalue weighted by Gasteiger charge is -2.33. The van der Waals surface area contributed by atoms with E-state index in [4.69, 9.17) is 10.3 Å². The van der Waals surface area contributed by atoms with Gasteiger partial charge in [-0.2, -0.15) is 0 Å². The zero-order valence-electron chi connectivity index (χ0n) is 10.8. The van der Waals surface area contributed by atoms with Gasteiger partial charge in [0.05, 0.1) is 12.6 Å². The summed E-state index contributed by atoms with van der Waals surface area (Å²) in [5.74, 6) is 5.43. The molecule has 0 saturated carbocycles. The van der Waals surface area contributed by atoms with E-state index in [2.05, 4.69) is 5.32 Å². The number of hydrazine groups is 1. The molecule has 104 valence electrons. The number of nitrogens with zero attached hydrogens (tertiary/aromatic N) is 1. The van der Waals surface area contributed by atoms with Crippen molar-refractivity contribution in [2.24, 2.45) is 5.84 Å². The molecule has 1 aliphatic heterocycles. The van der Waals surface area contributed by atoms with Gasteiger partial charge in [0.25, 0.3) is 0 Å². The second-order valence-corrected chi connectivity index (χ2v) is 4.42. The van der Waals surface area contributed by atoms with Crippen LogP contribution >= 0.6 is 0 Å². The van der Waals surface area contributed by atoms with E-state index in [9.17, 15) is 9.59 Å². The summed E-state index contributed by atoms with van der Waals surface area (Å²) in [4.78, 5) is 25.0. The highest BCUT2D eigenvalue weighted by Crippen LogP contribution is 2.15. The molecule has 0 spiro atoms. The van der Waals surface area contributed by atoms with Crippen LogP contribution in [-0.4, -0.2) is 35.8 Å². The molecule has 2 rings (SSSR count). The largest absolute Gasteiger partial charge is 0.455 e. The van der Waals surface area contributed by atoms with E-state index in [1.807, 2.05) is 17.2 Å². The van der Waals surface area contributed by atoms with Crippen molar-refractivity contribution in [3.8, 4) is 0 Å². The highest BCUT2D eigenvalue weighted by atomic mass is 16.4. The number of rotatable bonds is 4. The lowest BCUT2D eigenvalue weighted by atomic mass is 10.1. The first-order chi connectivity index (χ1) is 9.15. The van der Waals surface area contributed by atoms with Gasteiger partial charge in [-0.25, -0.2) is 5.84 Å². The predicted octanol–water partition coefficient (Wildman–Crippen LogP) is -0.406. The molecule has 1 aromatic heterocycles. The van der Waals surface area contributed by atoms with Crippen molar-refractivity contribution in [3.63, 3.8) is 0 Å². The van der Waals surface area contributed by atoms with Crippen molar-refractivity contribution in [2.45, 2.75) is 25.9 Å². The Labute approximate surface area is 111 Å². The van der Waals surface area contributed by atoms with Gasteiger partial charge in [0.2, 0.25) is 5.91 Å². The van der Waals surface area contributed by atoms with Gasteiger partial charge in [-0.3, -0.25) is 19.9 Å². The average Bonchev–Trinajstić information content (AvgIpc) is 2.87. The van der Waals surface area contributed by atoms with E-state index in [0.717, 1.165) is 13.0 Å². The van der Waals surface area contributed by atoms with Crippen LogP contribution in [0.4, 0.5) is 0 Å². The Balaban J connectivity index is 2.05. The van der Waals surface area contributed by atoms with E-state index in [-0.39, 0.29) is 17.7 Å². The van der Waals surface area contributed by atoms with E-state index in [1.54, 1.807) is 12.1 Å². The van der Waals surface area contributed by atoms with Gasteiger partial charge < -0.3 is 9.73 Å². The van der Waals surface area contributed by atoms with Crippen molar-refractivity contribution in [2.75, 3.05) is 13.1 Å². The maximum Gasteiger partial charge on any atom is 0.300 e. The third-order valence-electron chi connectivity index (χ3n) is 3.20. The van der Waals surface area contributed by atoms with Crippen LogP contribution in [0.3, 0.4) is 0 Å². The summed E-state index contributed by atoms with van der Waals surface area (Å²) < 4.78 is 5.40. The Kier molecular flexibility index (Phi) is 4.18. The maximum absolute atomic E-state index is 11.7. The van der Waals surface area contributed by atoms with Crippen molar-refractivity contribution in [3.05, 3.63) is 23.7 Å². The van der Waals surface area contributed by atoms with Crippen LogP contribution < -0.4 is 16.6 Å². The second kappa shape index (κ2) is 5.85. The molecule has 1 aromatic rings. The Morgan fingerprint density at radius 2 is 2.42 bits per heavy atom. The van der Waals surface area contributed by atoms with E-state index in [0.29, 0.717) is 18.8 Å². The van der Waals surface area contributed by atoms with E-state index < -0.39 is 5.91 Å². The average molecular weight is 266 g/mol. The van der Waals surface area contributed by atoms with Crippen molar-refractivity contribution >= 4 is 11.8 Å². The normalized spacial score (nSPS) is 20.1. The van der Waals surface area contributed by atoms with Gasteiger partial charge in [0.1, 0.15) is 5.76 Å². The third-order valence-corrected chi connectivity index (χ3v) is 3.20. The number of carbonyl (C=O) groups excluding carboxylic acids is 2. The topological polar surface area (TPSA) is 101 Å². The number of nitrogens with one attached hydrogen (secondary N) is 2. The Morgan fingerprint density at radius 1 is 1.63 bits per heavy atom. The predicted molar refractivity (Wildman–Crippen MR) is 67.9 cm³/mol. The van der Waals surface area contributed by atoms with Crippen molar-refractivity contribution in [1.82, 2.24) is 15.6 Å². The molecule has 1 saturated heterocycles. The molecule has 2 heterocycles. The fourth-order valence-corrected chi connectivity index (χ4v) is 2.25. The van der Waals surface area contributed by atoms with Gasteiger partial charge in [0.15, 0.2) is 5.76 Å². The summed E-state index contributed by atoms with van der Waals surface area (Å²) in [6.07, 6.45) is 0.739. The fourth-order valence-electron chi connectivity index (χ4n) is 2.25. The lowest BCUT2D eigenvalue weighted by Crippen LogP contribution is -2.54. The molecule has 1 fully saturated rings. The molecule has 2 amide bonds. The summed E-state index contributed by atoms with van der Waals surface area (Å²) in [6, 6.07) is 3.15. The van der Waals surface area contributed by atoms with Gasteiger partial charge in [-0.05, 0) is 18.6 Å². The minimum absolute atomic E-state index is 0.0419. The number of amides is 2. The monoisotopic (exact) mass is 266 g/mol. The van der Waals surface area contributed by atoms with E-state index in [1.165, 1.54) is 0 Å². The van der Waals surface area contributed by atoms with Crippen LogP contribution in [0.25, 0.3) is 0 Å². The van der Waals surface area contributed by atoms with Gasteiger partial charge in [-0.1, -0.05) is 6.92 Å². The first-order valence-electron chi connectivity index (χ1n) is 6.27. The SMILES string of the molecule is CCC1C(=O)NCCN1Cc1ccc(C(=O)NN)o1. The Morgan fingerprint density at radius 3 is 3.11 bits per heavy atom. The molecule has 1 atom stereocenters. The summed E-state index contributed by atoms with van der Waals surface area (Å²) in [7, 11) is 0. The molecule has 0 bridgehead atoms. The number of hydrogen-bond donors (Lipinski definition) is 3. The van der Waals surface area contributed by atoms with Gasteiger partial charge in [-0.15, -0.1) is 0 Å². The quantitative estimate of drug-likeness (QED) is 0.391. The Hall–Kier alpha value is -1.86. The number of hydrogen-bond acceptors (Lipinski definition) is 5. The summed E-state index contributed by atoms with van der Waals surface area (Å²) in [6.45, 7) is 3.87. The molecule has 19 heavy (non-hydrogen) atoms. The molecular formula is C12H18N4O3. The maximum atomic E-state index is 11.7. The molecule has 0 radical (unpaired) electrons. The third kappa shape index (κ3) is 2.94. The smallest absolute Gasteiger partial charge is 0.300 e. The van der Waals surface area contributed by atoms with E-state index >= 15 is 0 Å². The molecule has 4 N–H and O–H groups in total. The number of nitrogens with two attached hydrogens (primary N) is 1. The number of piperazine rings is 1. The standard InChI is InChI=1S/C12H18N4O3/c1-2-9-11(17)14-5-6-16(9)7-8-3-4-10(19-8)12(18)15-13/h3-4,9H,2,5-7,13H2,1H3,(H,14,17)(H,15,18). The molecule has 1 aliphatic rings. The molecular weight excluding hydrogens is 248 g/mol. The first kappa shape index (κ1) is 13.6. The van der Waals surface area contributed by atoms with Crippen molar-refractivity contribution < 1.29 is 14.0 Å². The summed E-state index contributed by atoms with van der Waals surface area (Å²) in [5, 5.41) is 2.84. The first-order valence-corrected chi connectivity index (χ1v) is 6.27. The number of nitrogen functional groups attached to an aromatic ring is 1. The number of carbonyl (C=O) groups is 2. The lowest BCUT2D eigenvalue weighted by molar-refractivity contribution is -0.129. The summed E-state index contributed by atoms with van der Waals surface area (Å²) >= 11 is 0.